The van der Waals surface area contributed by atoms with Crippen LogP contribution in [-0.4, -0.2) is 24.5 Å². The van der Waals surface area contributed by atoms with E-state index in [1.807, 2.05) is 49.4 Å². The molecule has 4 rings (SSSR count). The molecule has 2 aromatic heterocycles. The molecule has 0 fully saturated rings. The molecule has 30 heavy (non-hydrogen) atoms. The van der Waals surface area contributed by atoms with Crippen molar-refractivity contribution in [3.63, 3.8) is 0 Å². The van der Waals surface area contributed by atoms with Gasteiger partial charge in [0.1, 0.15) is 5.82 Å². The number of hydrogen-bond donors (Lipinski definition) is 2. The highest BCUT2D eigenvalue weighted by Gasteiger charge is 2.19. The average molecular weight is 484 g/mol. The van der Waals surface area contributed by atoms with Crippen molar-refractivity contribution < 1.29 is 0 Å². The third kappa shape index (κ3) is 4.14. The Hall–Kier alpha value is -2.98. The molecule has 1 atom stereocenters. The Morgan fingerprint density at radius 2 is 1.73 bits per heavy atom. The van der Waals surface area contributed by atoms with Crippen molar-refractivity contribution >= 4 is 50.5 Å². The predicted octanol–water partition coefficient (Wildman–Crippen LogP) is 3.41. The highest BCUT2D eigenvalue weighted by molar-refractivity contribution is 9.10. The zero-order valence-electron chi connectivity index (χ0n) is 16.0. The number of thioether (sulfide) groups is 1. The summed E-state index contributed by atoms with van der Waals surface area (Å²) in [6.45, 7) is 1.98. The van der Waals surface area contributed by atoms with E-state index in [2.05, 4.69) is 30.9 Å². The summed E-state index contributed by atoms with van der Waals surface area (Å²) in [6.07, 6.45) is 0. The first-order valence-electron chi connectivity index (χ1n) is 9.08. The molecule has 0 bridgehead atoms. The minimum Gasteiger partial charge on any atom is -0.368 e. The van der Waals surface area contributed by atoms with Crippen LogP contribution in [0.15, 0.2) is 63.0 Å². The second-order valence-corrected chi connectivity index (χ2v) is 8.43. The lowest BCUT2D eigenvalue weighted by atomic mass is 10.1. The first kappa shape index (κ1) is 20.3. The van der Waals surface area contributed by atoms with Crippen LogP contribution in [0.1, 0.15) is 24.4 Å². The number of halogens is 1. The molecular weight excluding hydrogens is 466 g/mol. The number of nitrogens with two attached hydrogens (primary N) is 2. The van der Waals surface area contributed by atoms with Gasteiger partial charge >= 0.3 is 0 Å². The van der Waals surface area contributed by atoms with Crippen LogP contribution < -0.4 is 17.0 Å². The predicted molar refractivity (Wildman–Crippen MR) is 122 cm³/mol. The third-order valence-corrected chi connectivity index (χ3v) is 5.99. The SMILES string of the molecule is CC(c1ccccc1)n1c(SCc2nc(N)nc(N)n2)nc2ccc(Br)cc2c1=O. The highest BCUT2D eigenvalue weighted by atomic mass is 79.9. The van der Waals surface area contributed by atoms with Crippen molar-refractivity contribution in [2.45, 2.75) is 23.9 Å². The largest absolute Gasteiger partial charge is 0.368 e. The Morgan fingerprint density at radius 3 is 2.43 bits per heavy atom. The number of nitrogens with zero attached hydrogens (tertiary/aromatic N) is 5. The van der Waals surface area contributed by atoms with Gasteiger partial charge in [0.25, 0.3) is 5.56 Å². The summed E-state index contributed by atoms with van der Waals surface area (Å²) in [7, 11) is 0. The molecule has 0 saturated carbocycles. The van der Waals surface area contributed by atoms with Crippen molar-refractivity contribution in [1.82, 2.24) is 24.5 Å². The quantitative estimate of drug-likeness (QED) is 0.326. The number of hydrogen-bond acceptors (Lipinski definition) is 8. The Kier molecular flexibility index (Phi) is 5.69. The molecule has 4 aromatic rings. The van der Waals surface area contributed by atoms with Crippen molar-refractivity contribution in [2.75, 3.05) is 11.5 Å². The molecule has 0 spiro atoms. The lowest BCUT2D eigenvalue weighted by molar-refractivity contribution is 0.548. The fourth-order valence-electron chi connectivity index (χ4n) is 3.13. The standard InChI is InChI=1S/C20H18BrN7OS/c1-11(12-5-3-2-4-6-12)28-17(29)14-9-13(21)7-8-15(14)24-20(28)30-10-16-25-18(22)27-19(23)26-16/h2-9,11H,10H2,1H3,(H4,22,23,25,26,27). The van der Waals surface area contributed by atoms with Gasteiger partial charge in [-0.1, -0.05) is 58.0 Å². The van der Waals surface area contributed by atoms with Gasteiger partial charge in [-0.3, -0.25) is 9.36 Å². The van der Waals surface area contributed by atoms with Gasteiger partial charge < -0.3 is 11.5 Å². The molecule has 8 nitrogen and oxygen atoms in total. The summed E-state index contributed by atoms with van der Waals surface area (Å²) < 4.78 is 2.52. The van der Waals surface area contributed by atoms with E-state index >= 15 is 0 Å². The monoisotopic (exact) mass is 483 g/mol. The van der Waals surface area contributed by atoms with E-state index in [4.69, 9.17) is 16.5 Å². The van der Waals surface area contributed by atoms with Crippen LogP contribution in [0.25, 0.3) is 10.9 Å². The van der Waals surface area contributed by atoms with E-state index in [1.165, 1.54) is 11.8 Å². The normalized spacial score (nSPS) is 12.2. The Morgan fingerprint density at radius 1 is 1.03 bits per heavy atom. The number of benzene rings is 2. The van der Waals surface area contributed by atoms with Gasteiger partial charge in [-0.15, -0.1) is 0 Å². The first-order valence-corrected chi connectivity index (χ1v) is 10.9. The maximum Gasteiger partial charge on any atom is 0.262 e. The second-order valence-electron chi connectivity index (χ2n) is 6.57. The molecule has 0 aliphatic heterocycles. The highest BCUT2D eigenvalue weighted by Crippen LogP contribution is 2.27. The molecule has 2 aromatic carbocycles. The molecule has 0 saturated heterocycles. The van der Waals surface area contributed by atoms with E-state index in [0.29, 0.717) is 27.6 Å². The molecule has 2 heterocycles. The average Bonchev–Trinajstić information content (AvgIpc) is 2.72. The fourth-order valence-corrected chi connectivity index (χ4v) is 4.42. The summed E-state index contributed by atoms with van der Waals surface area (Å²) in [4.78, 5) is 30.2. The molecule has 152 valence electrons. The van der Waals surface area contributed by atoms with E-state index in [-0.39, 0.29) is 23.5 Å². The summed E-state index contributed by atoms with van der Waals surface area (Å²) in [5, 5.41) is 1.11. The Balaban J connectivity index is 1.82. The van der Waals surface area contributed by atoms with Crippen molar-refractivity contribution in [1.29, 1.82) is 0 Å². The van der Waals surface area contributed by atoms with Gasteiger partial charge in [-0.05, 0) is 30.7 Å². The van der Waals surface area contributed by atoms with E-state index in [9.17, 15) is 4.79 Å². The molecule has 1 unspecified atom stereocenters. The number of anilines is 2. The van der Waals surface area contributed by atoms with Crippen LogP contribution >= 0.6 is 27.7 Å². The molecular formula is C20H18BrN7OS. The lowest BCUT2D eigenvalue weighted by Crippen LogP contribution is -2.27. The van der Waals surface area contributed by atoms with Crippen LogP contribution in [-0.2, 0) is 5.75 Å². The smallest absolute Gasteiger partial charge is 0.262 e. The molecule has 4 N–H and O–H groups in total. The van der Waals surface area contributed by atoms with Crippen LogP contribution in [0, 0.1) is 0 Å². The summed E-state index contributed by atoms with van der Waals surface area (Å²) in [5.74, 6) is 0.885. The van der Waals surface area contributed by atoms with E-state index < -0.39 is 0 Å². The molecule has 0 radical (unpaired) electrons. The van der Waals surface area contributed by atoms with Gasteiger partial charge in [0.05, 0.1) is 22.7 Å². The van der Waals surface area contributed by atoms with Gasteiger partial charge in [-0.2, -0.15) is 15.0 Å². The molecule has 0 aliphatic rings. The fraction of sp³-hybridized carbons (Fsp3) is 0.150. The summed E-state index contributed by atoms with van der Waals surface area (Å²) in [5.41, 5.74) is 12.8. The summed E-state index contributed by atoms with van der Waals surface area (Å²) in [6, 6.07) is 15.1. The Labute approximate surface area is 184 Å². The zero-order valence-corrected chi connectivity index (χ0v) is 18.4. The topological polar surface area (TPSA) is 126 Å². The van der Waals surface area contributed by atoms with Crippen LogP contribution in [0.2, 0.25) is 0 Å². The Bertz CT molecular complexity index is 1260. The van der Waals surface area contributed by atoms with Crippen molar-refractivity contribution in [2.24, 2.45) is 0 Å². The van der Waals surface area contributed by atoms with E-state index in [1.54, 1.807) is 10.6 Å². The second kappa shape index (κ2) is 8.41. The maximum absolute atomic E-state index is 13.4. The van der Waals surface area contributed by atoms with Crippen LogP contribution in [0.4, 0.5) is 11.9 Å². The summed E-state index contributed by atoms with van der Waals surface area (Å²) >= 11 is 4.79. The van der Waals surface area contributed by atoms with Crippen LogP contribution in [0.5, 0.6) is 0 Å². The zero-order chi connectivity index (χ0) is 21.3. The number of fused-ring (bicyclic) bond motifs is 1. The minimum absolute atomic E-state index is 0.0597. The van der Waals surface area contributed by atoms with Crippen LogP contribution in [0.3, 0.4) is 0 Å². The molecule has 0 aliphatic carbocycles. The number of rotatable bonds is 5. The van der Waals surface area contributed by atoms with Gasteiger partial charge in [-0.25, -0.2) is 4.98 Å². The number of nitrogen functional groups attached to an aromatic ring is 2. The lowest BCUT2D eigenvalue weighted by Gasteiger charge is -2.20. The molecule has 0 amide bonds. The minimum atomic E-state index is -0.217. The third-order valence-electron chi connectivity index (χ3n) is 4.55. The molecule has 10 heteroatoms. The van der Waals surface area contributed by atoms with Crippen molar-refractivity contribution in [3.8, 4) is 0 Å². The number of aromatic nitrogens is 5. The first-order chi connectivity index (χ1) is 14.4. The maximum atomic E-state index is 13.4. The van der Waals surface area contributed by atoms with Gasteiger partial charge in [0, 0.05) is 4.47 Å². The van der Waals surface area contributed by atoms with Crippen molar-refractivity contribution in [3.05, 3.63) is 74.7 Å². The van der Waals surface area contributed by atoms with Gasteiger partial charge in [0.2, 0.25) is 11.9 Å². The van der Waals surface area contributed by atoms with E-state index in [0.717, 1.165) is 10.0 Å². The van der Waals surface area contributed by atoms with Gasteiger partial charge in [0.15, 0.2) is 5.16 Å².